The molecule has 5 nitrogen and oxygen atoms in total. The second-order valence-corrected chi connectivity index (χ2v) is 17.4. The van der Waals surface area contributed by atoms with Gasteiger partial charge in [-0.3, -0.25) is 0 Å². The third-order valence-electron chi connectivity index (χ3n) is 15.1. The van der Waals surface area contributed by atoms with Gasteiger partial charge in [-0.25, -0.2) is 0 Å². The molecule has 1 aromatic rings. The van der Waals surface area contributed by atoms with E-state index in [1.54, 1.807) is 0 Å². The lowest BCUT2D eigenvalue weighted by atomic mass is 9.38. The van der Waals surface area contributed by atoms with Crippen molar-refractivity contribution in [1.29, 1.82) is 0 Å². The molecule has 8 aliphatic rings. The molecule has 11 unspecified atom stereocenters. The molecule has 7 fully saturated rings. The van der Waals surface area contributed by atoms with Gasteiger partial charge in [-0.15, -0.1) is 0 Å². The van der Waals surface area contributed by atoms with Crippen LogP contribution in [0.1, 0.15) is 108 Å². The number of benzene rings is 1. The molecular formula is C40H58N2O3. The van der Waals surface area contributed by atoms with Crippen molar-refractivity contribution in [2.45, 2.75) is 126 Å². The lowest BCUT2D eigenvalue weighted by Gasteiger charge is -2.75. The molecule has 6 aliphatic carbocycles. The number of ether oxygens (including phenoxy) is 1. The maximum Gasteiger partial charge on any atom is 0.115 e. The molecule has 2 heterocycles. The summed E-state index contributed by atoms with van der Waals surface area (Å²) in [4.78, 5) is 0. The highest BCUT2D eigenvalue weighted by Gasteiger charge is 2.76. The number of hydrogen-bond acceptors (Lipinski definition) is 5. The van der Waals surface area contributed by atoms with Crippen molar-refractivity contribution in [3.05, 3.63) is 29.3 Å². The highest BCUT2D eigenvalue weighted by Crippen LogP contribution is 2.71. The lowest BCUT2D eigenvalue weighted by Crippen LogP contribution is -2.84. The Labute approximate surface area is 271 Å². The molecule has 2 spiro atoms. The Morgan fingerprint density at radius 2 is 1.84 bits per heavy atom. The minimum Gasteiger partial charge on any atom is -0.508 e. The Balaban J connectivity index is 1.30. The molecule has 0 radical (unpaired) electrons. The first-order chi connectivity index (χ1) is 21.7. The SMILES string of the molecule is CNCC1CCCC(C2(C)OC34CC5CCC(CO)C(N)(C52)C3C#CCc2cc(O)ccc2CC2CC4CC3(CCCC3)C2)C1. The lowest BCUT2D eigenvalue weighted by molar-refractivity contribution is -0.362. The number of fused-ring (bicyclic) bond motifs is 4. The summed E-state index contributed by atoms with van der Waals surface area (Å²) in [7, 11) is 2.10. The number of aromatic hydroxyl groups is 1. The maximum atomic E-state index is 11.0. The third-order valence-corrected chi connectivity index (χ3v) is 15.1. The van der Waals surface area contributed by atoms with E-state index in [2.05, 4.69) is 37.2 Å². The number of phenolic OH excluding ortho intramolecular Hbond substituents is 1. The van der Waals surface area contributed by atoms with Crippen LogP contribution < -0.4 is 11.1 Å². The molecule has 0 aromatic heterocycles. The van der Waals surface area contributed by atoms with E-state index in [4.69, 9.17) is 10.5 Å². The van der Waals surface area contributed by atoms with Gasteiger partial charge >= 0.3 is 0 Å². The Kier molecular flexibility index (Phi) is 7.69. The van der Waals surface area contributed by atoms with Crippen molar-refractivity contribution in [1.82, 2.24) is 5.32 Å². The Hall–Kier alpha value is -1.58. The average Bonchev–Trinajstić information content (AvgIpc) is 3.46. The summed E-state index contributed by atoms with van der Waals surface area (Å²) in [6, 6.07) is 6.00. The zero-order valence-corrected chi connectivity index (χ0v) is 28.0. The topological polar surface area (TPSA) is 87.7 Å². The van der Waals surface area contributed by atoms with E-state index in [0.717, 1.165) is 32.2 Å². The van der Waals surface area contributed by atoms with Crippen molar-refractivity contribution in [2.24, 2.45) is 58.5 Å². The second kappa shape index (κ2) is 11.3. The Morgan fingerprint density at radius 3 is 2.64 bits per heavy atom. The normalized spacial score (nSPS) is 46.4. The number of phenols is 1. The molecule has 2 saturated heterocycles. The molecular weight excluding hydrogens is 556 g/mol. The van der Waals surface area contributed by atoms with Gasteiger partial charge in [0.05, 0.1) is 17.1 Å². The van der Waals surface area contributed by atoms with E-state index in [9.17, 15) is 10.2 Å². The highest BCUT2D eigenvalue weighted by molar-refractivity contribution is 5.40. The monoisotopic (exact) mass is 614 g/mol. The maximum absolute atomic E-state index is 11.0. The van der Waals surface area contributed by atoms with Crippen LogP contribution in [-0.2, 0) is 17.6 Å². The summed E-state index contributed by atoms with van der Waals surface area (Å²) in [6.45, 7) is 3.71. The van der Waals surface area contributed by atoms with Crippen LogP contribution in [0.15, 0.2) is 18.2 Å². The van der Waals surface area contributed by atoms with E-state index in [1.807, 2.05) is 12.1 Å². The van der Waals surface area contributed by atoms with Crippen molar-refractivity contribution in [2.75, 3.05) is 20.2 Å². The predicted octanol–water partition coefficient (Wildman–Crippen LogP) is 6.38. The molecule has 5 heteroatoms. The zero-order valence-electron chi connectivity index (χ0n) is 28.0. The van der Waals surface area contributed by atoms with Crippen molar-refractivity contribution < 1.29 is 14.9 Å². The molecule has 0 amide bonds. The van der Waals surface area contributed by atoms with Gasteiger partial charge in [-0.1, -0.05) is 37.2 Å². The van der Waals surface area contributed by atoms with Gasteiger partial charge in [-0.2, -0.15) is 0 Å². The van der Waals surface area contributed by atoms with Gasteiger partial charge in [0.2, 0.25) is 0 Å². The molecule has 1 aromatic carbocycles. The first kappa shape index (κ1) is 30.7. The van der Waals surface area contributed by atoms with E-state index in [1.165, 1.54) is 81.8 Å². The number of nitrogens with two attached hydrogens (primary N) is 1. The molecule has 11 atom stereocenters. The van der Waals surface area contributed by atoms with Crippen LogP contribution in [0.3, 0.4) is 0 Å². The molecule has 6 bridgehead atoms. The molecule has 246 valence electrons. The fourth-order valence-corrected chi connectivity index (χ4v) is 13.6. The van der Waals surface area contributed by atoms with Crippen LogP contribution in [0.4, 0.5) is 0 Å². The minimum atomic E-state index is -0.558. The van der Waals surface area contributed by atoms with E-state index >= 15 is 0 Å². The second-order valence-electron chi connectivity index (χ2n) is 17.4. The Morgan fingerprint density at radius 1 is 1.00 bits per heavy atom. The molecule has 45 heavy (non-hydrogen) atoms. The minimum absolute atomic E-state index is 0.0546. The van der Waals surface area contributed by atoms with Gasteiger partial charge in [0, 0.05) is 30.4 Å². The average molecular weight is 615 g/mol. The summed E-state index contributed by atoms with van der Waals surface area (Å²) >= 11 is 0. The van der Waals surface area contributed by atoms with Crippen LogP contribution in [0, 0.1) is 64.6 Å². The molecule has 9 rings (SSSR count). The molecule has 5 saturated carbocycles. The van der Waals surface area contributed by atoms with Gasteiger partial charge in [0.15, 0.2) is 0 Å². The van der Waals surface area contributed by atoms with Crippen molar-refractivity contribution >= 4 is 0 Å². The number of aliphatic hydroxyl groups excluding tert-OH is 1. The first-order valence-corrected chi connectivity index (χ1v) is 18.8. The van der Waals surface area contributed by atoms with E-state index in [0.29, 0.717) is 47.2 Å². The Bertz CT molecular complexity index is 1340. The fraction of sp³-hybridized carbons (Fsp3) is 0.800. The van der Waals surface area contributed by atoms with Crippen LogP contribution in [0.5, 0.6) is 5.75 Å². The zero-order chi connectivity index (χ0) is 31.0. The predicted molar refractivity (Wildman–Crippen MR) is 178 cm³/mol. The fourth-order valence-electron chi connectivity index (χ4n) is 13.6. The molecule has 2 aliphatic heterocycles. The highest BCUT2D eigenvalue weighted by atomic mass is 16.5. The van der Waals surface area contributed by atoms with Gasteiger partial charge in [-0.05, 0) is 156 Å². The summed E-state index contributed by atoms with van der Waals surface area (Å²) < 4.78 is 8.06. The molecule has 5 N–H and O–H groups in total. The number of hydrogen-bond donors (Lipinski definition) is 4. The summed E-state index contributed by atoms with van der Waals surface area (Å²) in [5.41, 5.74) is 9.78. The van der Waals surface area contributed by atoms with E-state index < -0.39 is 5.54 Å². The van der Waals surface area contributed by atoms with Gasteiger partial charge < -0.3 is 26.0 Å². The number of rotatable bonds is 4. The van der Waals surface area contributed by atoms with Gasteiger partial charge in [0.25, 0.3) is 0 Å². The van der Waals surface area contributed by atoms with Crippen LogP contribution in [0.2, 0.25) is 0 Å². The smallest absolute Gasteiger partial charge is 0.115 e. The van der Waals surface area contributed by atoms with Crippen LogP contribution >= 0.6 is 0 Å². The van der Waals surface area contributed by atoms with E-state index in [-0.39, 0.29) is 35.6 Å². The van der Waals surface area contributed by atoms with Crippen molar-refractivity contribution in [3.63, 3.8) is 0 Å². The van der Waals surface area contributed by atoms with Crippen LogP contribution in [0.25, 0.3) is 0 Å². The van der Waals surface area contributed by atoms with Crippen molar-refractivity contribution in [3.8, 4) is 17.6 Å². The summed E-state index contributed by atoms with van der Waals surface area (Å²) in [5.74, 6) is 10.9. The quantitative estimate of drug-likeness (QED) is 0.296. The largest absolute Gasteiger partial charge is 0.508 e. The number of nitrogens with one attached hydrogen (secondary N) is 1. The standard InChI is InChI=1S/C40H58N2O3/c1-37(31-9-5-7-26(18-31)24-42-2)36-30-11-13-32(25-43)40(36,41)35-10-6-8-28-20-34(44)14-12-29(28)17-27-19-33(39(35,22-30)45-37)23-38(21-27)15-3-4-16-38/h12,14,20,26-27,30-33,35-36,42-44H,3-5,7-9,11,13,15-19,21-25,41H2,1-2H3. The number of aliphatic hydroxyl groups is 1. The first-order valence-electron chi connectivity index (χ1n) is 18.8. The summed E-state index contributed by atoms with van der Waals surface area (Å²) in [6.07, 6.45) is 19.1. The van der Waals surface area contributed by atoms with Gasteiger partial charge in [0.1, 0.15) is 5.75 Å². The summed E-state index contributed by atoms with van der Waals surface area (Å²) in [5, 5.41) is 25.0. The third kappa shape index (κ3) is 4.70. The van der Waals surface area contributed by atoms with Crippen LogP contribution in [-0.4, -0.2) is 47.2 Å².